The van der Waals surface area contributed by atoms with Gasteiger partial charge in [-0.15, -0.1) is 0 Å². The lowest BCUT2D eigenvalue weighted by Crippen LogP contribution is -2.49. The maximum atomic E-state index is 11.2. The van der Waals surface area contributed by atoms with Gasteiger partial charge in [-0.2, -0.15) is 5.10 Å². The number of rotatable bonds is 5. The van der Waals surface area contributed by atoms with E-state index in [0.717, 1.165) is 91.2 Å². The normalized spacial score (nSPS) is 24.9. The molecule has 3 aliphatic rings. The Hall–Kier alpha value is -1.73. The number of aryl methyl sites for hydroxylation is 1. The fraction of sp³-hybridized carbons (Fsp3) is 0.750. The lowest BCUT2D eigenvalue weighted by atomic mass is 9.67. The van der Waals surface area contributed by atoms with E-state index in [1.165, 1.54) is 0 Å². The first-order chi connectivity index (χ1) is 16.7. The zero-order chi connectivity index (χ0) is 24.8. The van der Waals surface area contributed by atoms with Gasteiger partial charge in [0, 0.05) is 30.7 Å². The van der Waals surface area contributed by atoms with Crippen LogP contribution in [-0.4, -0.2) is 69.4 Å². The highest BCUT2D eigenvalue weighted by Crippen LogP contribution is 2.47. The number of hydrogen-bond acceptors (Lipinski definition) is 7. The molecule has 3 aliphatic heterocycles. The molecular formula is C24H35IN6O4. The fourth-order valence-corrected chi connectivity index (χ4v) is 6.65. The predicted molar refractivity (Wildman–Crippen MR) is 140 cm³/mol. The monoisotopic (exact) mass is 598 g/mol. The summed E-state index contributed by atoms with van der Waals surface area (Å²) < 4.78 is 14.7. The van der Waals surface area contributed by atoms with Crippen LogP contribution in [0.3, 0.4) is 0 Å². The Morgan fingerprint density at radius 1 is 1.29 bits per heavy atom. The van der Waals surface area contributed by atoms with Crippen LogP contribution in [0, 0.1) is 22.0 Å². The number of ether oxygens (including phenoxy) is 2. The van der Waals surface area contributed by atoms with Gasteiger partial charge in [-0.1, -0.05) is 0 Å². The average molecular weight is 598 g/mol. The quantitative estimate of drug-likeness (QED) is 0.495. The minimum Gasteiger partial charge on any atom is -0.465 e. The van der Waals surface area contributed by atoms with Crippen molar-refractivity contribution in [3.05, 3.63) is 9.39 Å². The lowest BCUT2D eigenvalue weighted by Gasteiger charge is -2.44. The topological polar surface area (TPSA) is 115 Å². The maximum absolute atomic E-state index is 11.2. The molecule has 10 nitrogen and oxygen atoms in total. The summed E-state index contributed by atoms with van der Waals surface area (Å²) in [6.07, 6.45) is 4.85. The second-order valence-electron chi connectivity index (χ2n) is 10.9. The summed E-state index contributed by atoms with van der Waals surface area (Å²) in [4.78, 5) is 23.6. The number of fused-ring (bicyclic) bond motifs is 1. The second kappa shape index (κ2) is 9.62. The molecule has 3 saturated heterocycles. The molecule has 2 aromatic rings. The van der Waals surface area contributed by atoms with E-state index in [1.54, 1.807) is 0 Å². The summed E-state index contributed by atoms with van der Waals surface area (Å²) in [5.74, 6) is 1.25. The van der Waals surface area contributed by atoms with Gasteiger partial charge in [-0.05, 0) is 87.8 Å². The molecule has 3 fully saturated rings. The number of nitrogens with zero attached hydrogens (tertiary/aromatic N) is 5. The first kappa shape index (κ1) is 24.9. The largest absolute Gasteiger partial charge is 0.465 e. The van der Waals surface area contributed by atoms with Gasteiger partial charge in [0.05, 0.1) is 18.9 Å². The zero-order valence-electron chi connectivity index (χ0n) is 20.7. The number of nitrogens with one attached hydrogen (secondary N) is 1. The first-order valence-electron chi connectivity index (χ1n) is 12.6. The van der Waals surface area contributed by atoms with Gasteiger partial charge in [0.2, 0.25) is 0 Å². The van der Waals surface area contributed by atoms with Crippen molar-refractivity contribution in [3.8, 4) is 0 Å². The molecule has 1 amide bonds. The Labute approximate surface area is 219 Å². The van der Waals surface area contributed by atoms with Crippen LogP contribution in [0.5, 0.6) is 0 Å². The van der Waals surface area contributed by atoms with Crippen molar-refractivity contribution in [2.75, 3.05) is 37.8 Å². The number of hydrogen-bond donors (Lipinski definition) is 2. The van der Waals surface area contributed by atoms with Crippen molar-refractivity contribution in [1.29, 1.82) is 0 Å². The highest BCUT2D eigenvalue weighted by molar-refractivity contribution is 14.1. The van der Waals surface area contributed by atoms with Gasteiger partial charge in [0.15, 0.2) is 21.4 Å². The lowest BCUT2D eigenvalue weighted by molar-refractivity contribution is -0.0372. The van der Waals surface area contributed by atoms with E-state index in [4.69, 9.17) is 24.5 Å². The van der Waals surface area contributed by atoms with Gasteiger partial charge in [-0.3, -0.25) is 0 Å². The minimum atomic E-state index is -0.977. The highest BCUT2D eigenvalue weighted by Gasteiger charge is 2.48. The highest BCUT2D eigenvalue weighted by atomic mass is 127. The molecule has 5 heterocycles. The Morgan fingerprint density at radius 3 is 2.74 bits per heavy atom. The van der Waals surface area contributed by atoms with Gasteiger partial charge >= 0.3 is 6.09 Å². The smallest absolute Gasteiger partial charge is 0.405 e. The molecule has 0 aliphatic carbocycles. The number of amides is 1. The SMILES string of the molecule is Cc1nc2c(I)nn(C3CCCCO3)c2nc1N1CCC2(CC1)COC[C@H]2CC(C)(C)NC(=O)O. The Bertz CT molecular complexity index is 1090. The molecule has 192 valence electrons. The third-order valence-electron chi connectivity index (χ3n) is 7.90. The van der Waals surface area contributed by atoms with Crippen LogP contribution in [0.25, 0.3) is 11.2 Å². The van der Waals surface area contributed by atoms with E-state index in [2.05, 4.69) is 32.8 Å². The van der Waals surface area contributed by atoms with Crippen molar-refractivity contribution in [2.24, 2.45) is 11.3 Å². The Balaban J connectivity index is 1.35. The molecular weight excluding hydrogens is 563 g/mol. The van der Waals surface area contributed by atoms with Crippen LogP contribution < -0.4 is 10.2 Å². The molecule has 0 radical (unpaired) electrons. The van der Waals surface area contributed by atoms with Crippen molar-refractivity contribution < 1.29 is 19.4 Å². The average Bonchev–Trinajstić information content (AvgIpc) is 3.33. The zero-order valence-corrected chi connectivity index (χ0v) is 22.9. The maximum Gasteiger partial charge on any atom is 0.405 e. The van der Waals surface area contributed by atoms with E-state index in [0.29, 0.717) is 12.5 Å². The summed E-state index contributed by atoms with van der Waals surface area (Å²) in [5, 5.41) is 16.6. The number of carbonyl (C=O) groups is 1. The fourth-order valence-electron chi connectivity index (χ4n) is 6.05. The van der Waals surface area contributed by atoms with Crippen LogP contribution in [0.4, 0.5) is 10.6 Å². The van der Waals surface area contributed by atoms with Crippen LogP contribution in [-0.2, 0) is 9.47 Å². The molecule has 5 rings (SSSR count). The van der Waals surface area contributed by atoms with Crippen LogP contribution in [0.2, 0.25) is 0 Å². The molecule has 35 heavy (non-hydrogen) atoms. The molecule has 1 spiro atoms. The molecule has 0 bridgehead atoms. The van der Waals surface area contributed by atoms with E-state index in [-0.39, 0.29) is 11.6 Å². The van der Waals surface area contributed by atoms with Crippen molar-refractivity contribution >= 4 is 45.7 Å². The van der Waals surface area contributed by atoms with Crippen LogP contribution in [0.1, 0.15) is 64.3 Å². The summed E-state index contributed by atoms with van der Waals surface area (Å²) >= 11 is 2.24. The van der Waals surface area contributed by atoms with E-state index in [9.17, 15) is 9.90 Å². The standard InChI is InChI=1S/C24H35IN6O4/c1-15-20(27-21-18(26-15)19(25)29-31(21)17-6-4-5-11-35-17)30-9-7-24(8-10-30)14-34-13-16(24)12-23(2,3)28-22(32)33/h16-17,28H,4-14H2,1-3H3,(H,32,33)/t16-,17?/m1/s1. The van der Waals surface area contributed by atoms with E-state index in [1.807, 2.05) is 25.5 Å². The van der Waals surface area contributed by atoms with Gasteiger partial charge < -0.3 is 24.8 Å². The number of halogens is 1. The number of anilines is 1. The second-order valence-corrected chi connectivity index (χ2v) is 12.0. The molecule has 2 aromatic heterocycles. The number of aromatic nitrogens is 4. The summed E-state index contributed by atoms with van der Waals surface area (Å²) in [5.41, 5.74) is 2.14. The summed E-state index contributed by atoms with van der Waals surface area (Å²) in [7, 11) is 0. The van der Waals surface area contributed by atoms with Gasteiger partial charge in [0.1, 0.15) is 5.52 Å². The van der Waals surface area contributed by atoms with Crippen LogP contribution >= 0.6 is 22.6 Å². The minimum absolute atomic E-state index is 0.0759. The van der Waals surface area contributed by atoms with Crippen LogP contribution in [0.15, 0.2) is 0 Å². The molecule has 1 unspecified atom stereocenters. The molecule has 0 saturated carbocycles. The summed E-state index contributed by atoms with van der Waals surface area (Å²) in [6.45, 7) is 9.87. The first-order valence-corrected chi connectivity index (χ1v) is 13.6. The van der Waals surface area contributed by atoms with Crippen molar-refractivity contribution in [1.82, 2.24) is 25.1 Å². The Morgan fingerprint density at radius 2 is 2.06 bits per heavy atom. The Kier molecular flexibility index (Phi) is 6.86. The molecule has 0 aromatic carbocycles. The van der Waals surface area contributed by atoms with Gasteiger partial charge in [0.25, 0.3) is 0 Å². The van der Waals surface area contributed by atoms with Gasteiger partial charge in [-0.25, -0.2) is 19.4 Å². The third kappa shape index (κ3) is 4.95. The number of carboxylic acid groups (broad SMARTS) is 1. The molecule has 2 atom stereocenters. The van der Waals surface area contributed by atoms with Crippen molar-refractivity contribution in [2.45, 2.75) is 71.1 Å². The number of piperidine rings is 1. The van der Waals surface area contributed by atoms with E-state index >= 15 is 0 Å². The predicted octanol–water partition coefficient (Wildman–Crippen LogP) is 4.11. The molecule has 11 heteroatoms. The third-order valence-corrected chi connectivity index (χ3v) is 8.63. The van der Waals surface area contributed by atoms with E-state index < -0.39 is 11.6 Å². The van der Waals surface area contributed by atoms with Crippen molar-refractivity contribution in [3.63, 3.8) is 0 Å². The summed E-state index contributed by atoms with van der Waals surface area (Å²) in [6, 6.07) is 0. The molecule has 2 N–H and O–H groups in total.